The summed E-state index contributed by atoms with van der Waals surface area (Å²) in [6.45, 7) is 7.24. The zero-order valence-corrected chi connectivity index (χ0v) is 15.3. The number of aliphatic hydroxyl groups excluding tert-OH is 1. The maximum absolute atomic E-state index is 13.0. The van der Waals surface area contributed by atoms with E-state index in [-0.39, 0.29) is 23.3 Å². The highest BCUT2D eigenvalue weighted by Crippen LogP contribution is 2.35. The number of aromatic nitrogens is 1. The Balaban J connectivity index is 1.56. The second-order valence-corrected chi connectivity index (χ2v) is 7.81. The Labute approximate surface area is 153 Å². The molecule has 1 N–H and O–H groups in total. The molecule has 0 spiro atoms. The molecule has 0 aromatic carbocycles. The molecule has 1 aromatic heterocycles. The molecular formula is C19H27N3O4. The fourth-order valence-electron chi connectivity index (χ4n) is 4.56. The van der Waals surface area contributed by atoms with E-state index in [9.17, 15) is 14.7 Å². The molecule has 2 bridgehead atoms. The summed E-state index contributed by atoms with van der Waals surface area (Å²) in [5.74, 6) is 0.245. The first-order valence-electron chi connectivity index (χ1n) is 9.52. The van der Waals surface area contributed by atoms with Crippen LogP contribution < -0.4 is 5.56 Å². The Morgan fingerprint density at radius 2 is 2.04 bits per heavy atom. The maximum atomic E-state index is 13.0. The monoisotopic (exact) mass is 361 g/mol. The molecule has 1 aromatic rings. The molecule has 142 valence electrons. The molecule has 2 saturated heterocycles. The molecule has 0 saturated carbocycles. The quantitative estimate of drug-likeness (QED) is 0.821. The van der Waals surface area contributed by atoms with Gasteiger partial charge in [-0.15, -0.1) is 0 Å². The van der Waals surface area contributed by atoms with Crippen molar-refractivity contribution in [3.63, 3.8) is 0 Å². The zero-order valence-electron chi connectivity index (χ0n) is 15.3. The van der Waals surface area contributed by atoms with Gasteiger partial charge in [0, 0.05) is 56.4 Å². The summed E-state index contributed by atoms with van der Waals surface area (Å²) >= 11 is 0. The molecule has 3 aliphatic rings. The van der Waals surface area contributed by atoms with Crippen LogP contribution in [0.15, 0.2) is 16.9 Å². The number of amides is 1. The van der Waals surface area contributed by atoms with E-state index in [2.05, 4.69) is 11.0 Å². The van der Waals surface area contributed by atoms with Gasteiger partial charge in [0.15, 0.2) is 0 Å². The summed E-state index contributed by atoms with van der Waals surface area (Å²) in [4.78, 5) is 29.2. The lowest BCUT2D eigenvalue weighted by Crippen LogP contribution is -2.51. The van der Waals surface area contributed by atoms with Gasteiger partial charge in [0.2, 0.25) is 0 Å². The van der Waals surface area contributed by atoms with Gasteiger partial charge >= 0.3 is 0 Å². The number of fused-ring (bicyclic) bond motifs is 4. The Morgan fingerprint density at radius 3 is 2.77 bits per heavy atom. The van der Waals surface area contributed by atoms with Crippen LogP contribution >= 0.6 is 0 Å². The third-order valence-corrected chi connectivity index (χ3v) is 5.85. The van der Waals surface area contributed by atoms with Gasteiger partial charge in [-0.05, 0) is 25.3 Å². The molecule has 0 radical (unpaired) electrons. The number of rotatable bonds is 3. The van der Waals surface area contributed by atoms with Crippen molar-refractivity contribution in [2.24, 2.45) is 5.92 Å². The largest absolute Gasteiger partial charge is 0.384 e. The molecule has 2 fully saturated rings. The van der Waals surface area contributed by atoms with Crippen LogP contribution in [-0.2, 0) is 22.6 Å². The van der Waals surface area contributed by atoms with Gasteiger partial charge < -0.3 is 19.3 Å². The summed E-state index contributed by atoms with van der Waals surface area (Å²) < 4.78 is 7.31. The molecule has 0 aliphatic carbocycles. The highest BCUT2D eigenvalue weighted by molar-refractivity contribution is 5.80. The highest BCUT2D eigenvalue weighted by atomic mass is 16.5. The number of hydrogen-bond donors (Lipinski definition) is 1. The maximum Gasteiger partial charge on any atom is 0.255 e. The number of piperidine rings is 1. The number of hydrogen-bond acceptors (Lipinski definition) is 5. The molecule has 7 nitrogen and oxygen atoms in total. The van der Waals surface area contributed by atoms with E-state index in [0.717, 1.165) is 44.0 Å². The number of aliphatic hydroxyl groups is 1. The molecule has 4 heterocycles. The van der Waals surface area contributed by atoms with Crippen LogP contribution in [0.5, 0.6) is 0 Å². The Bertz CT molecular complexity index is 739. The van der Waals surface area contributed by atoms with Crippen molar-refractivity contribution < 1.29 is 14.6 Å². The highest BCUT2D eigenvalue weighted by Gasteiger charge is 2.37. The first-order valence-corrected chi connectivity index (χ1v) is 9.52. The lowest BCUT2D eigenvalue weighted by Gasteiger charge is -2.43. The minimum Gasteiger partial charge on any atom is -0.384 e. The van der Waals surface area contributed by atoms with Crippen molar-refractivity contribution in [3.05, 3.63) is 33.7 Å². The molecular weight excluding hydrogens is 334 g/mol. The topological polar surface area (TPSA) is 75.0 Å². The summed E-state index contributed by atoms with van der Waals surface area (Å²) in [5, 5.41) is 9.61. The average molecular weight is 361 g/mol. The second kappa shape index (κ2) is 7.13. The first kappa shape index (κ1) is 17.7. The fourth-order valence-corrected chi connectivity index (χ4v) is 4.56. The van der Waals surface area contributed by atoms with Gasteiger partial charge in [-0.1, -0.05) is 6.07 Å². The SMILES string of the molecule is C[C@H](O)C(=O)N1C[C@@H]2C[C@H](C1)c1ccc(CN3CCOCC3)c(=O)n1C2. The van der Waals surface area contributed by atoms with Crippen LogP contribution in [0.2, 0.25) is 0 Å². The van der Waals surface area contributed by atoms with Crippen LogP contribution in [0.3, 0.4) is 0 Å². The van der Waals surface area contributed by atoms with Crippen molar-refractivity contribution in [2.45, 2.75) is 38.5 Å². The molecule has 3 atom stereocenters. The molecule has 0 unspecified atom stereocenters. The van der Waals surface area contributed by atoms with Gasteiger partial charge in [-0.2, -0.15) is 0 Å². The number of nitrogens with zero attached hydrogens (tertiary/aromatic N) is 3. The molecule has 7 heteroatoms. The van der Waals surface area contributed by atoms with Gasteiger partial charge in [-0.3, -0.25) is 14.5 Å². The smallest absolute Gasteiger partial charge is 0.255 e. The standard InChI is InChI=1S/C19H27N3O4/c1-13(23)18(24)21-9-14-8-16(12-21)17-3-2-15(19(25)22(17)10-14)11-20-4-6-26-7-5-20/h2-3,13-14,16,23H,4-12H2,1H3/t13-,14-,16+/m0/s1. The van der Waals surface area contributed by atoms with Crippen LogP contribution in [0, 0.1) is 5.92 Å². The Hall–Kier alpha value is -1.70. The molecule has 3 aliphatic heterocycles. The van der Waals surface area contributed by atoms with Crippen molar-refractivity contribution in [1.29, 1.82) is 0 Å². The first-order chi connectivity index (χ1) is 12.5. The predicted molar refractivity (Wildman–Crippen MR) is 95.9 cm³/mol. The zero-order chi connectivity index (χ0) is 18.3. The van der Waals surface area contributed by atoms with E-state index in [4.69, 9.17) is 4.74 Å². The number of morpholine rings is 1. The lowest BCUT2D eigenvalue weighted by molar-refractivity contribution is -0.142. The number of pyridine rings is 1. The Kier molecular flexibility index (Phi) is 4.86. The predicted octanol–water partition coefficient (Wildman–Crippen LogP) is 0.00700. The summed E-state index contributed by atoms with van der Waals surface area (Å²) in [6.07, 6.45) is 0.0400. The molecule has 4 rings (SSSR count). The third-order valence-electron chi connectivity index (χ3n) is 5.85. The van der Waals surface area contributed by atoms with E-state index in [1.807, 2.05) is 10.6 Å². The van der Waals surface area contributed by atoms with Gasteiger partial charge in [-0.25, -0.2) is 0 Å². The summed E-state index contributed by atoms with van der Waals surface area (Å²) in [5.41, 5.74) is 1.98. The lowest BCUT2D eigenvalue weighted by atomic mass is 9.82. The minimum absolute atomic E-state index is 0.110. The van der Waals surface area contributed by atoms with Gasteiger partial charge in [0.1, 0.15) is 6.10 Å². The minimum atomic E-state index is -0.966. The van der Waals surface area contributed by atoms with E-state index in [1.54, 1.807) is 4.90 Å². The van der Waals surface area contributed by atoms with Crippen LogP contribution in [0.1, 0.15) is 30.5 Å². The summed E-state index contributed by atoms with van der Waals surface area (Å²) in [6, 6.07) is 4.02. The third kappa shape index (κ3) is 3.31. The number of ether oxygens (including phenoxy) is 1. The fraction of sp³-hybridized carbons (Fsp3) is 0.684. The van der Waals surface area contributed by atoms with Crippen LogP contribution in [0.4, 0.5) is 0 Å². The van der Waals surface area contributed by atoms with Crippen molar-refractivity contribution >= 4 is 5.91 Å². The number of likely N-dealkylation sites (tertiary alicyclic amines) is 1. The normalized spacial score (nSPS) is 27.1. The van der Waals surface area contributed by atoms with Crippen molar-refractivity contribution in [3.8, 4) is 0 Å². The number of carbonyl (C=O) groups excluding carboxylic acids is 1. The van der Waals surface area contributed by atoms with Crippen LogP contribution in [-0.4, -0.2) is 70.9 Å². The van der Waals surface area contributed by atoms with Crippen molar-refractivity contribution in [1.82, 2.24) is 14.4 Å². The average Bonchev–Trinajstić information content (AvgIpc) is 2.64. The summed E-state index contributed by atoms with van der Waals surface area (Å²) in [7, 11) is 0. The van der Waals surface area contributed by atoms with E-state index < -0.39 is 6.10 Å². The van der Waals surface area contributed by atoms with Crippen molar-refractivity contribution in [2.75, 3.05) is 39.4 Å². The van der Waals surface area contributed by atoms with Gasteiger partial charge in [0.25, 0.3) is 11.5 Å². The van der Waals surface area contributed by atoms with Gasteiger partial charge in [0.05, 0.1) is 13.2 Å². The van der Waals surface area contributed by atoms with E-state index in [0.29, 0.717) is 26.2 Å². The molecule has 1 amide bonds. The van der Waals surface area contributed by atoms with Crippen LogP contribution in [0.25, 0.3) is 0 Å². The molecule has 26 heavy (non-hydrogen) atoms. The number of carbonyl (C=O) groups is 1. The second-order valence-electron chi connectivity index (χ2n) is 7.81. The van der Waals surface area contributed by atoms with E-state index in [1.165, 1.54) is 6.92 Å². The van der Waals surface area contributed by atoms with E-state index >= 15 is 0 Å². The Morgan fingerprint density at radius 1 is 1.27 bits per heavy atom.